The molecule has 1 aliphatic carbocycles. The van der Waals surface area contributed by atoms with Gasteiger partial charge >= 0.3 is 0 Å². The van der Waals surface area contributed by atoms with Crippen LogP contribution < -0.4 is 9.64 Å². The lowest BCUT2D eigenvalue weighted by atomic mass is 9.67. The van der Waals surface area contributed by atoms with Crippen LogP contribution in [0.1, 0.15) is 27.8 Å². The van der Waals surface area contributed by atoms with Crippen molar-refractivity contribution >= 4 is 50.6 Å². The SMILES string of the molecule is N#Cc1ccc2c(c1)c1ccccc1n2-c1cnc2c(c1)C1(c3ccccc3Sc3ccccc31)c1cc(N3c4ccccc4Oc4ccccc43)cnc1-2. The summed E-state index contributed by atoms with van der Waals surface area (Å²) in [5.41, 5.74) is 12.2. The topological polar surface area (TPSA) is 67.0 Å². The van der Waals surface area contributed by atoms with E-state index >= 15 is 0 Å². The molecular formula is C48H27N5OS. The van der Waals surface area contributed by atoms with Gasteiger partial charge in [-0.1, -0.05) is 90.6 Å². The molecule has 0 amide bonds. The Bertz CT molecular complexity index is 3070. The van der Waals surface area contributed by atoms with Gasteiger partial charge in [0.15, 0.2) is 11.5 Å². The van der Waals surface area contributed by atoms with Gasteiger partial charge in [0.1, 0.15) is 0 Å². The van der Waals surface area contributed by atoms with Crippen molar-refractivity contribution in [2.75, 3.05) is 4.90 Å². The first kappa shape index (κ1) is 30.3. The Labute approximate surface area is 320 Å². The van der Waals surface area contributed by atoms with Crippen molar-refractivity contribution in [3.8, 4) is 34.6 Å². The van der Waals surface area contributed by atoms with Crippen LogP contribution in [0.15, 0.2) is 174 Å². The number of nitriles is 1. The standard InChI is InChI=1S/C48H27N5OS/c49-26-29-21-22-39-33(23-29)32-11-1-4-14-38(32)52(39)30-24-36-46(50-27-30)47-37(48(36)34-12-2-9-19-44(34)55-45-20-10-3-13-35(45)48)25-31(28-51-47)53-40-15-5-7-17-42(40)54-43-18-8-6-16-41(43)53/h1-25,27-28H. The van der Waals surface area contributed by atoms with Crippen molar-refractivity contribution in [2.24, 2.45) is 0 Å². The summed E-state index contributed by atoms with van der Waals surface area (Å²) in [6.45, 7) is 0. The van der Waals surface area contributed by atoms with E-state index in [9.17, 15) is 5.26 Å². The minimum Gasteiger partial charge on any atom is -0.453 e. The average Bonchev–Trinajstić information content (AvgIpc) is 3.72. The monoisotopic (exact) mass is 721 g/mol. The van der Waals surface area contributed by atoms with Gasteiger partial charge in [-0.05, 0) is 83.9 Å². The molecule has 6 nitrogen and oxygen atoms in total. The van der Waals surface area contributed by atoms with Crippen LogP contribution in [-0.2, 0) is 5.41 Å². The lowest BCUT2D eigenvalue weighted by Gasteiger charge is -2.40. The number of ether oxygens (including phenoxy) is 1. The fraction of sp³-hybridized carbons (Fsp3) is 0.0208. The number of rotatable bonds is 2. The van der Waals surface area contributed by atoms with E-state index in [2.05, 4.69) is 119 Å². The third-order valence-corrected chi connectivity index (χ3v) is 12.5. The second-order valence-corrected chi connectivity index (χ2v) is 15.2. The Morgan fingerprint density at radius 2 is 1.11 bits per heavy atom. The first-order valence-corrected chi connectivity index (χ1v) is 19.0. The first-order valence-electron chi connectivity index (χ1n) is 18.2. The predicted molar refractivity (Wildman–Crippen MR) is 217 cm³/mol. The number of para-hydroxylation sites is 5. The number of aromatic nitrogens is 3. The van der Waals surface area contributed by atoms with Crippen LogP contribution in [0.5, 0.6) is 11.5 Å². The molecule has 0 N–H and O–H groups in total. The van der Waals surface area contributed by atoms with Gasteiger partial charge in [-0.15, -0.1) is 0 Å². The molecule has 6 aromatic carbocycles. The van der Waals surface area contributed by atoms with Crippen molar-refractivity contribution in [2.45, 2.75) is 15.2 Å². The highest BCUT2D eigenvalue weighted by Crippen LogP contribution is 2.62. The zero-order valence-electron chi connectivity index (χ0n) is 29.1. The Hall–Kier alpha value is -7.14. The predicted octanol–water partition coefficient (Wildman–Crippen LogP) is 11.8. The number of pyridine rings is 2. The van der Waals surface area contributed by atoms with Crippen molar-refractivity contribution in [3.63, 3.8) is 0 Å². The summed E-state index contributed by atoms with van der Waals surface area (Å²) < 4.78 is 8.69. The fourth-order valence-electron chi connectivity index (χ4n) is 9.12. The van der Waals surface area contributed by atoms with Gasteiger partial charge < -0.3 is 14.2 Å². The Morgan fingerprint density at radius 3 is 1.80 bits per heavy atom. The molecule has 0 radical (unpaired) electrons. The van der Waals surface area contributed by atoms with E-state index in [0.717, 1.165) is 78.6 Å². The normalized spacial score (nSPS) is 14.0. The number of benzene rings is 6. The lowest BCUT2D eigenvalue weighted by molar-refractivity contribution is 0.477. The number of nitrogens with zero attached hydrogens (tertiary/aromatic N) is 5. The van der Waals surface area contributed by atoms with E-state index in [0.29, 0.717) is 5.56 Å². The van der Waals surface area contributed by atoms with Gasteiger partial charge in [-0.3, -0.25) is 9.97 Å². The van der Waals surface area contributed by atoms with Gasteiger partial charge in [0.2, 0.25) is 0 Å². The molecule has 0 saturated heterocycles. The molecule has 0 saturated carbocycles. The summed E-state index contributed by atoms with van der Waals surface area (Å²) in [7, 11) is 0. The summed E-state index contributed by atoms with van der Waals surface area (Å²) in [4.78, 5) is 15.4. The van der Waals surface area contributed by atoms with Crippen molar-refractivity contribution in [1.82, 2.24) is 14.5 Å². The molecule has 0 atom stereocenters. The summed E-state index contributed by atoms with van der Waals surface area (Å²) in [5.74, 6) is 1.59. The van der Waals surface area contributed by atoms with Gasteiger partial charge in [-0.2, -0.15) is 5.26 Å². The number of anilines is 3. The van der Waals surface area contributed by atoms with E-state index in [1.807, 2.05) is 72.7 Å². The average molecular weight is 722 g/mol. The summed E-state index contributed by atoms with van der Waals surface area (Å²) in [6.07, 6.45) is 3.95. The second kappa shape index (κ2) is 11.2. The van der Waals surface area contributed by atoms with Gasteiger partial charge in [-0.25, -0.2) is 0 Å². The third-order valence-electron chi connectivity index (χ3n) is 11.3. The van der Waals surface area contributed by atoms with Crippen LogP contribution in [0.25, 0.3) is 38.9 Å². The molecule has 2 aliphatic heterocycles. The number of hydrogen-bond donors (Lipinski definition) is 0. The highest BCUT2D eigenvalue weighted by molar-refractivity contribution is 7.99. The highest BCUT2D eigenvalue weighted by atomic mass is 32.2. The number of hydrogen-bond acceptors (Lipinski definition) is 6. The lowest BCUT2D eigenvalue weighted by Crippen LogP contribution is -2.32. The van der Waals surface area contributed by atoms with E-state index in [4.69, 9.17) is 14.7 Å². The minimum atomic E-state index is -0.715. The molecule has 3 aliphatic rings. The minimum absolute atomic E-state index is 0.636. The second-order valence-electron chi connectivity index (χ2n) is 14.1. The van der Waals surface area contributed by atoms with E-state index < -0.39 is 5.41 Å². The summed E-state index contributed by atoms with van der Waals surface area (Å²) in [6, 6.07) is 55.3. The van der Waals surface area contributed by atoms with Crippen molar-refractivity contribution in [1.29, 1.82) is 5.26 Å². The van der Waals surface area contributed by atoms with Crippen LogP contribution >= 0.6 is 11.8 Å². The van der Waals surface area contributed by atoms with Crippen LogP contribution in [0, 0.1) is 11.3 Å². The van der Waals surface area contributed by atoms with Crippen molar-refractivity contribution in [3.05, 3.63) is 192 Å². The van der Waals surface area contributed by atoms with Crippen LogP contribution in [0.2, 0.25) is 0 Å². The highest BCUT2D eigenvalue weighted by Gasteiger charge is 2.52. The third kappa shape index (κ3) is 4.04. The van der Waals surface area contributed by atoms with E-state index in [-0.39, 0.29) is 0 Å². The molecule has 0 fully saturated rings. The molecule has 0 bridgehead atoms. The Kier molecular flexibility index (Phi) is 6.17. The van der Waals surface area contributed by atoms with E-state index in [1.165, 1.54) is 20.9 Å². The molecule has 5 heterocycles. The molecular weight excluding hydrogens is 695 g/mol. The number of fused-ring (bicyclic) bond motifs is 14. The molecule has 256 valence electrons. The molecule has 55 heavy (non-hydrogen) atoms. The van der Waals surface area contributed by atoms with Gasteiger partial charge in [0.25, 0.3) is 0 Å². The zero-order valence-corrected chi connectivity index (χ0v) is 30.0. The maximum Gasteiger partial charge on any atom is 0.151 e. The van der Waals surface area contributed by atoms with Crippen LogP contribution in [-0.4, -0.2) is 14.5 Å². The largest absolute Gasteiger partial charge is 0.453 e. The molecule has 0 unspecified atom stereocenters. The molecule has 3 aromatic heterocycles. The Balaban J connectivity index is 1.17. The van der Waals surface area contributed by atoms with Gasteiger partial charge in [0.05, 0.1) is 74.6 Å². The first-order chi connectivity index (χ1) is 27.2. The molecule has 7 heteroatoms. The Morgan fingerprint density at radius 1 is 0.545 bits per heavy atom. The van der Waals surface area contributed by atoms with Crippen molar-refractivity contribution < 1.29 is 4.74 Å². The quantitative estimate of drug-likeness (QED) is 0.177. The van der Waals surface area contributed by atoms with Crippen LogP contribution in [0.4, 0.5) is 17.1 Å². The van der Waals surface area contributed by atoms with Crippen LogP contribution in [0.3, 0.4) is 0 Å². The molecule has 9 aromatic rings. The summed E-state index contributed by atoms with van der Waals surface area (Å²) in [5, 5.41) is 11.9. The summed E-state index contributed by atoms with van der Waals surface area (Å²) >= 11 is 1.82. The molecule has 12 rings (SSSR count). The van der Waals surface area contributed by atoms with Gasteiger partial charge in [0, 0.05) is 31.7 Å². The maximum atomic E-state index is 9.80. The smallest absolute Gasteiger partial charge is 0.151 e. The zero-order chi connectivity index (χ0) is 36.3. The fourth-order valence-corrected chi connectivity index (χ4v) is 10.3. The van der Waals surface area contributed by atoms with E-state index in [1.54, 1.807) is 0 Å². The molecule has 1 spiro atoms. The maximum absolute atomic E-state index is 9.80.